The van der Waals surface area contributed by atoms with Crippen LogP contribution in [0, 0.1) is 0 Å². The first-order valence-corrected chi connectivity index (χ1v) is 11.1. The molecule has 1 aliphatic rings. The summed E-state index contributed by atoms with van der Waals surface area (Å²) in [6.07, 6.45) is 0.543. The lowest BCUT2D eigenvalue weighted by molar-refractivity contribution is 0.0676. The zero-order valence-corrected chi connectivity index (χ0v) is 19.1. The zero-order chi connectivity index (χ0) is 26.4. The standard InChI is InChI=1S/C29H18O8/c30-26(31)20-7-16(8-21(12-20)27(32)33)14-1-3-24-18(5-14)11-19-6-15(2-4-25(19)24)17-9-22(28(34)35)13-23(10-17)29(36)37/h1-10,12-13H,11H2,(H,30,31)(H,32,33)(H,34,35)(H,36,37). The van der Waals surface area contributed by atoms with E-state index in [1.807, 2.05) is 36.4 Å². The van der Waals surface area contributed by atoms with Crippen molar-refractivity contribution in [2.75, 3.05) is 0 Å². The number of hydrogen-bond acceptors (Lipinski definition) is 4. The van der Waals surface area contributed by atoms with Gasteiger partial charge in [-0.15, -0.1) is 0 Å². The van der Waals surface area contributed by atoms with Crippen molar-refractivity contribution in [3.63, 3.8) is 0 Å². The van der Waals surface area contributed by atoms with E-state index in [2.05, 4.69) is 0 Å². The lowest BCUT2D eigenvalue weighted by Gasteiger charge is -2.09. The SMILES string of the molecule is O=C(O)c1cc(C(=O)O)cc(-c2ccc3c(c2)Cc2cc(-c4cc(C(=O)O)cc(C(=O)O)c4)ccc2-3)c1. The predicted octanol–water partition coefficient (Wildman–Crippen LogP) is 5.38. The summed E-state index contributed by atoms with van der Waals surface area (Å²) in [4.78, 5) is 46.0. The molecule has 0 bridgehead atoms. The molecule has 8 nitrogen and oxygen atoms in total. The molecule has 5 rings (SSSR count). The van der Waals surface area contributed by atoms with Crippen molar-refractivity contribution in [3.05, 3.63) is 106 Å². The molecule has 0 atom stereocenters. The number of carboxylic acid groups (broad SMARTS) is 4. The molecule has 4 aromatic rings. The first-order valence-electron chi connectivity index (χ1n) is 11.1. The molecule has 182 valence electrons. The van der Waals surface area contributed by atoms with Gasteiger partial charge in [0.25, 0.3) is 0 Å². The second kappa shape index (κ2) is 8.76. The maximum Gasteiger partial charge on any atom is 0.335 e. The lowest BCUT2D eigenvalue weighted by Crippen LogP contribution is -2.03. The summed E-state index contributed by atoms with van der Waals surface area (Å²) in [5, 5.41) is 37.6. The highest BCUT2D eigenvalue weighted by Crippen LogP contribution is 2.40. The summed E-state index contributed by atoms with van der Waals surface area (Å²) in [6.45, 7) is 0. The van der Waals surface area contributed by atoms with Gasteiger partial charge in [-0.3, -0.25) is 0 Å². The number of fused-ring (bicyclic) bond motifs is 3. The minimum atomic E-state index is -1.22. The summed E-state index contributed by atoms with van der Waals surface area (Å²) in [5.41, 5.74) is 5.72. The Morgan fingerprint density at radius 2 is 0.757 bits per heavy atom. The number of rotatable bonds is 6. The normalized spacial score (nSPS) is 11.5. The van der Waals surface area contributed by atoms with Crippen molar-refractivity contribution in [1.29, 1.82) is 0 Å². The Morgan fingerprint density at radius 1 is 0.432 bits per heavy atom. The van der Waals surface area contributed by atoms with Crippen LogP contribution in [0.25, 0.3) is 33.4 Å². The van der Waals surface area contributed by atoms with Crippen LogP contribution in [0.3, 0.4) is 0 Å². The van der Waals surface area contributed by atoms with E-state index in [9.17, 15) is 39.6 Å². The third-order valence-electron chi connectivity index (χ3n) is 6.40. The average Bonchev–Trinajstić information content (AvgIpc) is 3.25. The van der Waals surface area contributed by atoms with Crippen LogP contribution in [0.2, 0.25) is 0 Å². The van der Waals surface area contributed by atoms with Gasteiger partial charge in [-0.2, -0.15) is 0 Å². The highest BCUT2D eigenvalue weighted by Gasteiger charge is 2.21. The van der Waals surface area contributed by atoms with Crippen LogP contribution < -0.4 is 0 Å². The van der Waals surface area contributed by atoms with E-state index in [1.165, 1.54) is 24.3 Å². The predicted molar refractivity (Wildman–Crippen MR) is 133 cm³/mol. The van der Waals surface area contributed by atoms with Crippen molar-refractivity contribution < 1.29 is 39.6 Å². The maximum atomic E-state index is 11.5. The quantitative estimate of drug-likeness (QED) is 0.246. The third-order valence-corrected chi connectivity index (χ3v) is 6.40. The van der Waals surface area contributed by atoms with Gasteiger partial charge in [0.05, 0.1) is 22.3 Å². The first kappa shape index (κ1) is 23.5. The average molecular weight is 494 g/mol. The Kier molecular flexibility index (Phi) is 5.56. The molecule has 0 unspecified atom stereocenters. The van der Waals surface area contributed by atoms with Gasteiger partial charge >= 0.3 is 23.9 Å². The summed E-state index contributed by atoms with van der Waals surface area (Å²) in [5.74, 6) is -4.88. The molecular formula is C29H18O8. The molecule has 4 aromatic carbocycles. The van der Waals surface area contributed by atoms with Crippen LogP contribution in [-0.4, -0.2) is 44.3 Å². The van der Waals surface area contributed by atoms with Crippen LogP contribution in [0.1, 0.15) is 52.6 Å². The van der Waals surface area contributed by atoms with Gasteiger partial charge < -0.3 is 20.4 Å². The van der Waals surface area contributed by atoms with E-state index in [1.54, 1.807) is 0 Å². The molecule has 4 N–H and O–H groups in total. The zero-order valence-electron chi connectivity index (χ0n) is 19.1. The van der Waals surface area contributed by atoms with Crippen molar-refractivity contribution in [1.82, 2.24) is 0 Å². The Labute approximate surface area is 209 Å². The van der Waals surface area contributed by atoms with Gasteiger partial charge in [0, 0.05) is 0 Å². The maximum absolute atomic E-state index is 11.5. The number of benzene rings is 4. The fraction of sp³-hybridized carbons (Fsp3) is 0.0345. The summed E-state index contributed by atoms with van der Waals surface area (Å²) in [6, 6.07) is 19.2. The molecule has 0 heterocycles. The Hall–Kier alpha value is -5.24. The van der Waals surface area contributed by atoms with Gasteiger partial charge in [-0.25, -0.2) is 19.2 Å². The highest BCUT2D eigenvalue weighted by atomic mass is 16.4. The summed E-state index contributed by atoms with van der Waals surface area (Å²) in [7, 11) is 0. The van der Waals surface area contributed by atoms with Crippen LogP contribution in [0.4, 0.5) is 0 Å². The van der Waals surface area contributed by atoms with Crippen molar-refractivity contribution >= 4 is 23.9 Å². The van der Waals surface area contributed by atoms with Gasteiger partial charge in [0.1, 0.15) is 0 Å². The van der Waals surface area contributed by atoms with E-state index in [0.717, 1.165) is 34.4 Å². The van der Waals surface area contributed by atoms with Gasteiger partial charge in [0.15, 0.2) is 0 Å². The van der Waals surface area contributed by atoms with Gasteiger partial charge in [-0.05, 0) is 87.3 Å². The molecule has 0 saturated heterocycles. The molecule has 8 heteroatoms. The van der Waals surface area contributed by atoms with Crippen LogP contribution >= 0.6 is 0 Å². The van der Waals surface area contributed by atoms with E-state index in [4.69, 9.17) is 0 Å². The molecule has 37 heavy (non-hydrogen) atoms. The molecule has 0 fully saturated rings. The molecule has 0 amide bonds. The van der Waals surface area contributed by atoms with Gasteiger partial charge in [-0.1, -0.05) is 36.4 Å². The van der Waals surface area contributed by atoms with Crippen molar-refractivity contribution in [2.45, 2.75) is 6.42 Å². The second-order valence-electron chi connectivity index (χ2n) is 8.74. The van der Waals surface area contributed by atoms with Crippen LogP contribution in [-0.2, 0) is 6.42 Å². The van der Waals surface area contributed by atoms with Gasteiger partial charge in [0.2, 0.25) is 0 Å². The minimum absolute atomic E-state index is 0.118. The topological polar surface area (TPSA) is 149 Å². The highest BCUT2D eigenvalue weighted by molar-refractivity contribution is 5.97. The summed E-state index contributed by atoms with van der Waals surface area (Å²) < 4.78 is 0. The number of carboxylic acids is 4. The largest absolute Gasteiger partial charge is 0.478 e. The minimum Gasteiger partial charge on any atom is -0.478 e. The van der Waals surface area contributed by atoms with E-state index >= 15 is 0 Å². The molecule has 0 aromatic heterocycles. The summed E-state index contributed by atoms with van der Waals surface area (Å²) >= 11 is 0. The number of carbonyl (C=O) groups is 4. The number of aromatic carboxylic acids is 4. The molecule has 0 radical (unpaired) electrons. The lowest BCUT2D eigenvalue weighted by atomic mass is 9.95. The monoisotopic (exact) mass is 494 g/mol. The molecule has 0 spiro atoms. The second-order valence-corrected chi connectivity index (χ2v) is 8.74. The van der Waals surface area contributed by atoms with E-state index < -0.39 is 23.9 Å². The Balaban J connectivity index is 1.53. The van der Waals surface area contributed by atoms with Crippen molar-refractivity contribution in [3.8, 4) is 33.4 Å². The van der Waals surface area contributed by atoms with E-state index in [-0.39, 0.29) is 22.3 Å². The smallest absolute Gasteiger partial charge is 0.335 e. The van der Waals surface area contributed by atoms with E-state index in [0.29, 0.717) is 28.7 Å². The Bertz CT molecular complexity index is 1480. The Morgan fingerprint density at radius 3 is 1.05 bits per heavy atom. The number of hydrogen-bond donors (Lipinski definition) is 4. The fourth-order valence-corrected chi connectivity index (χ4v) is 4.65. The van der Waals surface area contributed by atoms with Crippen molar-refractivity contribution in [2.24, 2.45) is 0 Å². The molecule has 1 aliphatic carbocycles. The fourth-order valence-electron chi connectivity index (χ4n) is 4.65. The molecular weight excluding hydrogens is 476 g/mol. The molecule has 0 saturated carbocycles. The third kappa shape index (κ3) is 4.32. The molecule has 0 aliphatic heterocycles. The van der Waals surface area contributed by atoms with Crippen LogP contribution in [0.5, 0.6) is 0 Å². The first-order chi connectivity index (χ1) is 17.6. The van der Waals surface area contributed by atoms with Crippen LogP contribution in [0.15, 0.2) is 72.8 Å².